The van der Waals surface area contributed by atoms with Gasteiger partial charge in [0.2, 0.25) is 11.8 Å². The standard InChI is InChI=1S/C22H22N4O2/c1-15(23)20(21(27)25-18-7-3-2-4-8-18)22(28)26-19-9-5-6-17(14-19)16-10-12-24-13-11-16/h2-4,7-14,20,23H,5-6H2,1H3,(H,25,27)(H,26,28). The highest BCUT2D eigenvalue weighted by Crippen LogP contribution is 2.25. The normalized spacial score (nSPS) is 14.3. The van der Waals surface area contributed by atoms with E-state index in [0.29, 0.717) is 11.4 Å². The summed E-state index contributed by atoms with van der Waals surface area (Å²) in [4.78, 5) is 29.3. The number of hydrogen-bond acceptors (Lipinski definition) is 4. The van der Waals surface area contributed by atoms with Crippen molar-refractivity contribution in [1.82, 2.24) is 10.3 Å². The van der Waals surface area contributed by atoms with Crippen LogP contribution >= 0.6 is 0 Å². The Balaban J connectivity index is 1.72. The summed E-state index contributed by atoms with van der Waals surface area (Å²) in [5.41, 5.74) is 3.36. The zero-order valence-corrected chi connectivity index (χ0v) is 15.6. The monoisotopic (exact) mass is 374 g/mol. The molecule has 0 spiro atoms. The van der Waals surface area contributed by atoms with E-state index in [1.54, 1.807) is 36.7 Å². The summed E-state index contributed by atoms with van der Waals surface area (Å²) in [6, 6.07) is 12.7. The van der Waals surface area contributed by atoms with Gasteiger partial charge in [-0.05, 0) is 61.2 Å². The second-order valence-corrected chi connectivity index (χ2v) is 6.56. The first kappa shape index (κ1) is 19.2. The van der Waals surface area contributed by atoms with E-state index in [1.165, 1.54) is 6.92 Å². The zero-order chi connectivity index (χ0) is 19.9. The molecule has 1 aromatic heterocycles. The molecule has 28 heavy (non-hydrogen) atoms. The molecule has 3 rings (SSSR count). The molecule has 6 heteroatoms. The second kappa shape index (κ2) is 8.90. The molecule has 1 unspecified atom stereocenters. The fourth-order valence-electron chi connectivity index (χ4n) is 3.05. The van der Waals surface area contributed by atoms with Crippen LogP contribution in [0.25, 0.3) is 5.57 Å². The van der Waals surface area contributed by atoms with Crippen LogP contribution in [0, 0.1) is 11.3 Å². The number of anilines is 1. The molecule has 0 aliphatic heterocycles. The van der Waals surface area contributed by atoms with Gasteiger partial charge in [-0.15, -0.1) is 0 Å². The number of carbonyl (C=O) groups excluding carboxylic acids is 2. The quantitative estimate of drug-likeness (QED) is 0.533. The topological polar surface area (TPSA) is 94.9 Å². The van der Waals surface area contributed by atoms with Crippen LogP contribution < -0.4 is 10.6 Å². The lowest BCUT2D eigenvalue weighted by atomic mass is 9.96. The number of aromatic nitrogens is 1. The van der Waals surface area contributed by atoms with Crippen molar-refractivity contribution in [2.75, 3.05) is 5.32 Å². The Labute approximate surface area is 163 Å². The number of carbonyl (C=O) groups is 2. The fourth-order valence-corrected chi connectivity index (χ4v) is 3.05. The number of hydrogen-bond donors (Lipinski definition) is 3. The van der Waals surface area contributed by atoms with Crippen molar-refractivity contribution in [3.05, 3.63) is 78.3 Å². The van der Waals surface area contributed by atoms with Gasteiger partial charge in [0, 0.05) is 29.5 Å². The largest absolute Gasteiger partial charge is 0.325 e. The molecule has 3 N–H and O–H groups in total. The maximum Gasteiger partial charge on any atom is 0.242 e. The number of rotatable bonds is 6. The summed E-state index contributed by atoms with van der Waals surface area (Å²) in [5.74, 6) is -2.23. The number of allylic oxidation sites excluding steroid dienone is 3. The minimum atomic E-state index is -1.19. The van der Waals surface area contributed by atoms with Crippen molar-refractivity contribution < 1.29 is 9.59 Å². The van der Waals surface area contributed by atoms with E-state index >= 15 is 0 Å². The highest BCUT2D eigenvalue weighted by molar-refractivity contribution is 6.21. The number of pyridine rings is 1. The average molecular weight is 374 g/mol. The van der Waals surface area contributed by atoms with E-state index in [2.05, 4.69) is 15.6 Å². The summed E-state index contributed by atoms with van der Waals surface area (Å²) < 4.78 is 0. The molecular weight excluding hydrogens is 352 g/mol. The van der Waals surface area contributed by atoms with Crippen LogP contribution in [-0.4, -0.2) is 22.5 Å². The predicted molar refractivity (Wildman–Crippen MR) is 110 cm³/mol. The van der Waals surface area contributed by atoms with E-state index in [9.17, 15) is 9.59 Å². The van der Waals surface area contributed by atoms with Crippen LogP contribution in [-0.2, 0) is 9.59 Å². The molecule has 2 aromatic rings. The Bertz CT molecular complexity index is 934. The first-order chi connectivity index (χ1) is 13.5. The summed E-state index contributed by atoms with van der Waals surface area (Å²) >= 11 is 0. The maximum atomic E-state index is 12.7. The summed E-state index contributed by atoms with van der Waals surface area (Å²) in [6.45, 7) is 1.46. The van der Waals surface area contributed by atoms with Crippen molar-refractivity contribution in [2.24, 2.45) is 5.92 Å². The first-order valence-electron chi connectivity index (χ1n) is 9.07. The fraction of sp³-hybridized carbons (Fsp3) is 0.182. The smallest absolute Gasteiger partial charge is 0.242 e. The number of para-hydroxylation sites is 1. The van der Waals surface area contributed by atoms with E-state index in [4.69, 9.17) is 5.41 Å². The van der Waals surface area contributed by atoms with Gasteiger partial charge in [-0.3, -0.25) is 14.6 Å². The molecule has 1 aromatic carbocycles. The average Bonchev–Trinajstić information content (AvgIpc) is 2.69. The van der Waals surface area contributed by atoms with E-state index in [1.807, 2.05) is 30.4 Å². The van der Waals surface area contributed by atoms with Gasteiger partial charge in [-0.1, -0.05) is 24.3 Å². The highest BCUT2D eigenvalue weighted by Gasteiger charge is 2.29. The molecule has 6 nitrogen and oxygen atoms in total. The molecular formula is C22H22N4O2. The van der Waals surface area contributed by atoms with Crippen molar-refractivity contribution in [1.29, 1.82) is 5.41 Å². The van der Waals surface area contributed by atoms with Crippen molar-refractivity contribution >= 4 is 28.8 Å². The van der Waals surface area contributed by atoms with Crippen molar-refractivity contribution in [3.8, 4) is 0 Å². The maximum absolute atomic E-state index is 12.7. The van der Waals surface area contributed by atoms with Gasteiger partial charge in [-0.25, -0.2) is 0 Å². The SMILES string of the molecule is CC(=N)C(C(=O)NC1=CCCC(c2ccncc2)=C1)C(=O)Nc1ccccc1. The second-order valence-electron chi connectivity index (χ2n) is 6.56. The third kappa shape index (κ3) is 4.79. The minimum absolute atomic E-state index is 0.0133. The number of nitrogens with zero attached hydrogens (tertiary/aromatic N) is 1. The molecule has 2 amide bonds. The minimum Gasteiger partial charge on any atom is -0.325 e. The number of amides is 2. The molecule has 1 heterocycles. The molecule has 1 aliphatic carbocycles. The molecule has 1 aliphatic rings. The lowest BCUT2D eigenvalue weighted by Crippen LogP contribution is -2.41. The predicted octanol–water partition coefficient (Wildman–Crippen LogP) is 3.55. The third-order valence-electron chi connectivity index (χ3n) is 4.43. The van der Waals surface area contributed by atoms with Gasteiger partial charge in [-0.2, -0.15) is 0 Å². The van der Waals surface area contributed by atoms with Gasteiger partial charge < -0.3 is 16.0 Å². The van der Waals surface area contributed by atoms with Gasteiger partial charge in [0.25, 0.3) is 0 Å². The Morgan fingerprint density at radius 1 is 1.04 bits per heavy atom. The zero-order valence-electron chi connectivity index (χ0n) is 15.6. The number of benzene rings is 1. The van der Waals surface area contributed by atoms with Crippen LogP contribution in [0.5, 0.6) is 0 Å². The van der Waals surface area contributed by atoms with E-state index < -0.39 is 17.7 Å². The van der Waals surface area contributed by atoms with E-state index in [-0.39, 0.29) is 5.71 Å². The molecule has 1 atom stereocenters. The third-order valence-corrected chi connectivity index (χ3v) is 4.43. The van der Waals surface area contributed by atoms with Gasteiger partial charge >= 0.3 is 0 Å². The Morgan fingerprint density at radius 2 is 1.71 bits per heavy atom. The van der Waals surface area contributed by atoms with Crippen LogP contribution in [0.4, 0.5) is 5.69 Å². The van der Waals surface area contributed by atoms with Crippen LogP contribution in [0.2, 0.25) is 0 Å². The van der Waals surface area contributed by atoms with E-state index in [0.717, 1.165) is 24.0 Å². The molecule has 0 fully saturated rings. The van der Waals surface area contributed by atoms with Crippen LogP contribution in [0.1, 0.15) is 25.3 Å². The number of nitrogens with one attached hydrogen (secondary N) is 3. The van der Waals surface area contributed by atoms with Crippen LogP contribution in [0.3, 0.4) is 0 Å². The highest BCUT2D eigenvalue weighted by atomic mass is 16.2. The Kier molecular flexibility index (Phi) is 6.11. The molecule has 0 bridgehead atoms. The lowest BCUT2D eigenvalue weighted by molar-refractivity contribution is -0.129. The van der Waals surface area contributed by atoms with Crippen molar-refractivity contribution in [3.63, 3.8) is 0 Å². The van der Waals surface area contributed by atoms with Gasteiger partial charge in [0.05, 0.1) is 0 Å². The molecule has 0 radical (unpaired) electrons. The summed E-state index contributed by atoms with van der Waals surface area (Å²) in [6.07, 6.45) is 8.94. The van der Waals surface area contributed by atoms with Gasteiger partial charge in [0.15, 0.2) is 5.92 Å². The molecule has 0 saturated carbocycles. The molecule has 142 valence electrons. The summed E-state index contributed by atoms with van der Waals surface area (Å²) in [5, 5.41) is 13.4. The van der Waals surface area contributed by atoms with Crippen molar-refractivity contribution in [2.45, 2.75) is 19.8 Å². The lowest BCUT2D eigenvalue weighted by Gasteiger charge is -2.19. The Morgan fingerprint density at radius 3 is 2.39 bits per heavy atom. The molecule has 0 saturated heterocycles. The van der Waals surface area contributed by atoms with Crippen LogP contribution in [0.15, 0.2) is 72.7 Å². The summed E-state index contributed by atoms with van der Waals surface area (Å²) in [7, 11) is 0. The van der Waals surface area contributed by atoms with Gasteiger partial charge in [0.1, 0.15) is 0 Å². The first-order valence-corrected chi connectivity index (χ1v) is 9.07. The Hall–Kier alpha value is -3.54.